The van der Waals surface area contributed by atoms with E-state index < -0.39 is 60.4 Å². The highest BCUT2D eigenvalue weighted by Gasteiger charge is 2.22. The van der Waals surface area contributed by atoms with Crippen LogP contribution in [0.4, 0.5) is 0 Å². The van der Waals surface area contributed by atoms with E-state index in [0.717, 1.165) is 42.6 Å². The number of benzene rings is 7. The van der Waals surface area contributed by atoms with Gasteiger partial charge < -0.3 is 4.42 Å². The van der Waals surface area contributed by atoms with Gasteiger partial charge >= 0.3 is 0 Å². The highest BCUT2D eigenvalue weighted by atomic mass is 32.1. The van der Waals surface area contributed by atoms with Crippen LogP contribution in [0, 0.1) is 0 Å². The van der Waals surface area contributed by atoms with E-state index in [2.05, 4.69) is 23.2 Å². The molecule has 11 rings (SSSR count). The van der Waals surface area contributed by atoms with E-state index in [4.69, 9.17) is 26.7 Å². The SMILES string of the molecule is [2H]c1c([2H])c([2H])c(-c2nc(-c3c([2H])c([2H])c4c(sc5c([2H])c([2H])c([2H])c([2H])c54)c3[2H])nc(-c3ccc(-c4cccc5c4sc4ccccc45)c4oc5ccccc5c34)n2)c([2H])c1[2H]. The Morgan fingerprint density at radius 3 is 2.12 bits per heavy atom. The van der Waals surface area contributed by atoms with Gasteiger partial charge in [-0.15, -0.1) is 22.7 Å². The minimum atomic E-state index is -0.625. The van der Waals surface area contributed by atoms with E-state index in [1.807, 2.05) is 60.7 Å². The maximum atomic E-state index is 9.49. The summed E-state index contributed by atoms with van der Waals surface area (Å²) in [5.41, 5.74) is 2.61. The van der Waals surface area contributed by atoms with Gasteiger partial charge in [-0.25, -0.2) is 15.0 Å². The van der Waals surface area contributed by atoms with Gasteiger partial charge in [-0.3, -0.25) is 0 Å². The lowest BCUT2D eigenvalue weighted by atomic mass is 9.97. The number of hydrogen-bond acceptors (Lipinski definition) is 6. The molecule has 0 atom stereocenters. The molecular weight excluding hydrogens is 663 g/mol. The van der Waals surface area contributed by atoms with Crippen molar-refractivity contribution in [2.75, 3.05) is 0 Å². The molecule has 238 valence electrons. The molecule has 0 spiro atoms. The second kappa shape index (κ2) is 11.2. The second-order valence-corrected chi connectivity index (χ2v) is 13.9. The molecule has 7 aromatic carbocycles. The smallest absolute Gasteiger partial charge is 0.164 e. The van der Waals surface area contributed by atoms with E-state index in [-0.39, 0.29) is 60.9 Å². The molecule has 4 heterocycles. The summed E-state index contributed by atoms with van der Waals surface area (Å²) >= 11 is 2.56. The topological polar surface area (TPSA) is 51.8 Å². The van der Waals surface area contributed by atoms with Crippen LogP contribution < -0.4 is 0 Å². The molecule has 0 saturated heterocycles. The number of hydrogen-bond donors (Lipinski definition) is 0. The largest absolute Gasteiger partial charge is 0.455 e. The van der Waals surface area contributed by atoms with Crippen molar-refractivity contribution < 1.29 is 20.9 Å². The minimum Gasteiger partial charge on any atom is -0.455 e. The summed E-state index contributed by atoms with van der Waals surface area (Å²) in [6.07, 6.45) is 0. The van der Waals surface area contributed by atoms with Crippen molar-refractivity contribution >= 4 is 85.0 Å². The lowest BCUT2D eigenvalue weighted by molar-refractivity contribution is 0.670. The molecule has 0 amide bonds. The summed E-state index contributed by atoms with van der Waals surface area (Å²) in [5.74, 6) is -0.677. The third-order valence-corrected chi connectivity index (χ3v) is 11.2. The highest BCUT2D eigenvalue weighted by Crippen LogP contribution is 2.46. The molecule has 4 nitrogen and oxygen atoms in total. The van der Waals surface area contributed by atoms with E-state index in [9.17, 15) is 4.11 Å². The number of furan rings is 1. The standard InChI is InChI=1S/C45H25N3OS2/c1-2-11-26(12-3-1)43-46-44(27-21-22-30-28-13-5-8-19-37(28)50-39(30)25-27)48-45(47-43)35-24-23-31(41-40(35)34-15-4-7-18-36(34)49-41)33-17-10-16-32-29-14-6-9-20-38(29)51-42(32)33/h1-25H/i1D,2D,3D,5D,8D,11D,12D,13D,19D,21D,22D,25D. The Labute approximate surface area is 316 Å². The second-order valence-electron chi connectivity index (χ2n) is 11.8. The number of thiophene rings is 2. The fourth-order valence-corrected chi connectivity index (χ4v) is 8.88. The zero-order valence-electron chi connectivity index (χ0n) is 38.1. The van der Waals surface area contributed by atoms with E-state index >= 15 is 0 Å². The van der Waals surface area contributed by atoms with Crippen LogP contribution in [0.2, 0.25) is 0 Å². The normalized spacial score (nSPS) is 15.2. The molecule has 4 aromatic heterocycles. The average molecular weight is 700 g/mol. The van der Waals surface area contributed by atoms with Gasteiger partial charge in [-0.1, -0.05) is 115 Å². The molecule has 0 fully saturated rings. The van der Waals surface area contributed by atoms with Crippen molar-refractivity contribution in [3.63, 3.8) is 0 Å². The van der Waals surface area contributed by atoms with Crippen LogP contribution in [0.3, 0.4) is 0 Å². The van der Waals surface area contributed by atoms with Gasteiger partial charge in [0.05, 0.1) is 16.4 Å². The molecule has 0 saturated carbocycles. The minimum absolute atomic E-state index is 0.0108. The molecule has 0 aliphatic heterocycles. The molecule has 51 heavy (non-hydrogen) atoms. The van der Waals surface area contributed by atoms with Crippen molar-refractivity contribution in [3.8, 4) is 45.3 Å². The summed E-state index contributed by atoms with van der Waals surface area (Å²) in [6, 6.07) is 19.4. The van der Waals surface area contributed by atoms with Crippen LogP contribution in [0.25, 0.3) is 108 Å². The first kappa shape index (κ1) is 19.3. The number of para-hydroxylation sites is 1. The van der Waals surface area contributed by atoms with Gasteiger partial charge in [0.25, 0.3) is 0 Å². The van der Waals surface area contributed by atoms with Crippen molar-refractivity contribution in [1.29, 1.82) is 0 Å². The van der Waals surface area contributed by atoms with Crippen LogP contribution in [-0.2, 0) is 0 Å². The zero-order chi connectivity index (χ0) is 43.9. The van der Waals surface area contributed by atoms with E-state index in [1.165, 1.54) is 0 Å². The third-order valence-electron chi connectivity index (χ3n) is 8.93. The molecule has 0 aliphatic carbocycles. The number of rotatable bonds is 4. The van der Waals surface area contributed by atoms with Crippen molar-refractivity contribution in [2.45, 2.75) is 0 Å². The quantitative estimate of drug-likeness (QED) is 0.183. The van der Waals surface area contributed by atoms with Gasteiger partial charge in [-0.05, 0) is 36.4 Å². The Morgan fingerprint density at radius 1 is 0.471 bits per heavy atom. The Kier molecular flexibility index (Phi) is 4.21. The van der Waals surface area contributed by atoms with Gasteiger partial charge in [0.1, 0.15) is 11.2 Å². The average Bonchev–Trinajstić information content (AvgIpc) is 4.01. The molecule has 6 heteroatoms. The predicted octanol–water partition coefficient (Wildman–Crippen LogP) is 13.2. The first-order valence-corrected chi connectivity index (χ1v) is 17.5. The monoisotopic (exact) mass is 699 g/mol. The summed E-state index contributed by atoms with van der Waals surface area (Å²) in [6.45, 7) is 0. The van der Waals surface area contributed by atoms with E-state index in [1.54, 1.807) is 11.3 Å². The fraction of sp³-hybridized carbons (Fsp3) is 0. The lowest BCUT2D eigenvalue weighted by Crippen LogP contribution is -2.00. The molecule has 0 aliphatic rings. The first-order valence-electron chi connectivity index (χ1n) is 21.9. The van der Waals surface area contributed by atoms with Gasteiger partial charge in [-0.2, -0.15) is 0 Å². The molecule has 11 aromatic rings. The van der Waals surface area contributed by atoms with Gasteiger partial charge in [0.15, 0.2) is 17.5 Å². The number of aromatic nitrogens is 3. The van der Waals surface area contributed by atoms with Crippen LogP contribution in [0.1, 0.15) is 16.4 Å². The van der Waals surface area contributed by atoms with Crippen molar-refractivity contribution in [2.24, 2.45) is 0 Å². The molecular formula is C45H25N3OS2. The van der Waals surface area contributed by atoms with Crippen LogP contribution in [0.15, 0.2) is 156 Å². The summed E-state index contributed by atoms with van der Waals surface area (Å²) < 4.78 is 114. The first-order chi connectivity index (χ1) is 30.3. The lowest BCUT2D eigenvalue weighted by Gasteiger charge is -2.11. The predicted molar refractivity (Wildman–Crippen MR) is 215 cm³/mol. The molecule has 0 N–H and O–H groups in total. The fourth-order valence-electron chi connectivity index (χ4n) is 6.68. The summed E-state index contributed by atoms with van der Waals surface area (Å²) in [4.78, 5) is 14.2. The Bertz CT molecular complexity index is 3830. The van der Waals surface area contributed by atoms with E-state index in [0.29, 0.717) is 27.5 Å². The number of fused-ring (bicyclic) bond motifs is 9. The Hall–Kier alpha value is -6.21. The van der Waals surface area contributed by atoms with Crippen LogP contribution in [-0.4, -0.2) is 15.0 Å². The Balaban J connectivity index is 1.24. The third kappa shape index (κ3) is 4.47. The van der Waals surface area contributed by atoms with Crippen LogP contribution in [0.5, 0.6) is 0 Å². The van der Waals surface area contributed by atoms with Crippen molar-refractivity contribution in [1.82, 2.24) is 15.0 Å². The molecule has 0 bridgehead atoms. The highest BCUT2D eigenvalue weighted by molar-refractivity contribution is 7.26. The Morgan fingerprint density at radius 2 is 1.20 bits per heavy atom. The molecule has 0 unspecified atom stereocenters. The van der Waals surface area contributed by atoms with Crippen molar-refractivity contribution in [3.05, 3.63) is 151 Å². The maximum Gasteiger partial charge on any atom is 0.164 e. The van der Waals surface area contributed by atoms with Gasteiger partial charge in [0, 0.05) is 78.9 Å². The van der Waals surface area contributed by atoms with Gasteiger partial charge in [0.2, 0.25) is 0 Å². The number of nitrogens with zero attached hydrogens (tertiary/aromatic N) is 3. The summed E-state index contributed by atoms with van der Waals surface area (Å²) in [7, 11) is 0. The molecule has 0 radical (unpaired) electrons. The maximum absolute atomic E-state index is 9.49. The summed E-state index contributed by atoms with van der Waals surface area (Å²) in [5, 5.41) is 3.57. The van der Waals surface area contributed by atoms with Crippen LogP contribution >= 0.6 is 22.7 Å². The zero-order valence-corrected chi connectivity index (χ0v) is 27.7.